The van der Waals surface area contributed by atoms with E-state index >= 15 is 0 Å². The molecule has 2 aliphatic rings. The second kappa shape index (κ2) is 7.63. The van der Waals surface area contributed by atoms with Gasteiger partial charge in [-0.05, 0) is 86.5 Å². The molecule has 0 aromatic heterocycles. The van der Waals surface area contributed by atoms with E-state index < -0.39 is 0 Å². The van der Waals surface area contributed by atoms with Crippen LogP contribution in [0.25, 0.3) is 11.1 Å². The van der Waals surface area contributed by atoms with Gasteiger partial charge in [-0.15, -0.1) is 0 Å². The van der Waals surface area contributed by atoms with Crippen LogP contribution in [0.3, 0.4) is 0 Å². The maximum atomic E-state index is 12.0. The fourth-order valence-corrected chi connectivity index (χ4v) is 4.37. The van der Waals surface area contributed by atoms with Gasteiger partial charge in [0.25, 0.3) is 0 Å². The first-order valence-corrected chi connectivity index (χ1v) is 9.88. The third kappa shape index (κ3) is 3.54. The fourth-order valence-electron chi connectivity index (χ4n) is 4.37. The Bertz CT molecular complexity index is 793. The maximum Gasteiger partial charge on any atom is 0.338 e. The van der Waals surface area contributed by atoms with E-state index in [1.165, 1.54) is 55.5 Å². The Morgan fingerprint density at radius 2 is 1.88 bits per heavy atom. The van der Waals surface area contributed by atoms with Crippen LogP contribution in [-0.2, 0) is 17.6 Å². The number of aryl methyl sites for hydroxylation is 1. The maximum absolute atomic E-state index is 12.0. The van der Waals surface area contributed by atoms with Crippen LogP contribution in [0.15, 0.2) is 42.5 Å². The molecular weight excluding hydrogens is 322 g/mol. The van der Waals surface area contributed by atoms with Gasteiger partial charge in [0.2, 0.25) is 0 Å². The number of benzene rings is 2. The van der Waals surface area contributed by atoms with Crippen molar-refractivity contribution < 1.29 is 9.53 Å². The molecule has 1 heterocycles. The quantitative estimate of drug-likeness (QED) is 0.762. The van der Waals surface area contributed by atoms with Gasteiger partial charge >= 0.3 is 5.97 Å². The van der Waals surface area contributed by atoms with Crippen LogP contribution in [0.1, 0.15) is 47.7 Å². The molecule has 4 rings (SSSR count). The summed E-state index contributed by atoms with van der Waals surface area (Å²) in [6, 6.07) is 15.3. The molecule has 0 N–H and O–H groups in total. The van der Waals surface area contributed by atoms with Gasteiger partial charge in [-0.2, -0.15) is 0 Å². The Morgan fingerprint density at radius 1 is 1.08 bits per heavy atom. The standard InChI is InChI=1S/C23H27NO2/c1-2-26-23(25)21-7-5-6-17(15-21)18-8-9-20-16-22(11-10-19(20)14-18)24-12-3-4-13-24/h5-9,14-15,22H,2-4,10-13,16H2,1H3. The number of ether oxygens (including phenoxy) is 1. The lowest BCUT2D eigenvalue weighted by Crippen LogP contribution is -2.37. The lowest BCUT2D eigenvalue weighted by molar-refractivity contribution is 0.0526. The predicted octanol–water partition coefficient (Wildman–Crippen LogP) is 4.48. The molecular formula is C23H27NO2. The van der Waals surface area contributed by atoms with Crippen LogP contribution in [0.4, 0.5) is 0 Å². The average molecular weight is 349 g/mol. The van der Waals surface area contributed by atoms with Crippen LogP contribution < -0.4 is 0 Å². The Balaban J connectivity index is 1.55. The zero-order valence-corrected chi connectivity index (χ0v) is 15.5. The van der Waals surface area contributed by atoms with Crippen molar-refractivity contribution in [1.82, 2.24) is 4.90 Å². The normalized spacial score (nSPS) is 20.0. The van der Waals surface area contributed by atoms with Crippen molar-refractivity contribution in [2.75, 3.05) is 19.7 Å². The summed E-state index contributed by atoms with van der Waals surface area (Å²) in [5.74, 6) is -0.249. The highest BCUT2D eigenvalue weighted by molar-refractivity contribution is 5.91. The summed E-state index contributed by atoms with van der Waals surface area (Å²) in [5, 5.41) is 0. The number of carbonyl (C=O) groups is 1. The summed E-state index contributed by atoms with van der Waals surface area (Å²) in [6.45, 7) is 4.79. The minimum Gasteiger partial charge on any atom is -0.462 e. The predicted molar refractivity (Wildman–Crippen MR) is 104 cm³/mol. The molecule has 1 saturated heterocycles. The minimum absolute atomic E-state index is 0.249. The SMILES string of the molecule is CCOC(=O)c1cccc(-c2ccc3c(c2)CCC(N2CCCC2)C3)c1. The molecule has 2 aromatic rings. The number of likely N-dealkylation sites (tertiary alicyclic amines) is 1. The van der Waals surface area contributed by atoms with E-state index in [4.69, 9.17) is 4.74 Å². The number of fused-ring (bicyclic) bond motifs is 1. The lowest BCUT2D eigenvalue weighted by atomic mass is 9.85. The van der Waals surface area contributed by atoms with Crippen molar-refractivity contribution in [2.24, 2.45) is 0 Å². The van der Waals surface area contributed by atoms with Gasteiger partial charge in [0, 0.05) is 6.04 Å². The van der Waals surface area contributed by atoms with Gasteiger partial charge in [0.1, 0.15) is 0 Å². The first-order chi connectivity index (χ1) is 12.7. The Kier molecular flexibility index (Phi) is 5.07. The molecule has 0 amide bonds. The Hall–Kier alpha value is -2.13. The van der Waals surface area contributed by atoms with E-state index in [9.17, 15) is 4.79 Å². The van der Waals surface area contributed by atoms with Crippen molar-refractivity contribution in [3.63, 3.8) is 0 Å². The van der Waals surface area contributed by atoms with Gasteiger partial charge in [-0.1, -0.05) is 30.3 Å². The summed E-state index contributed by atoms with van der Waals surface area (Å²) in [4.78, 5) is 14.7. The number of nitrogens with zero attached hydrogens (tertiary/aromatic N) is 1. The van der Waals surface area contributed by atoms with Gasteiger partial charge in [0.15, 0.2) is 0 Å². The van der Waals surface area contributed by atoms with Gasteiger partial charge in [-0.25, -0.2) is 4.79 Å². The summed E-state index contributed by atoms with van der Waals surface area (Å²) >= 11 is 0. The highest BCUT2D eigenvalue weighted by Crippen LogP contribution is 2.30. The topological polar surface area (TPSA) is 29.5 Å². The number of hydrogen-bond donors (Lipinski definition) is 0. The molecule has 1 unspecified atom stereocenters. The second-order valence-corrected chi connectivity index (χ2v) is 7.42. The monoisotopic (exact) mass is 349 g/mol. The van der Waals surface area contributed by atoms with Crippen LogP contribution in [0.5, 0.6) is 0 Å². The Morgan fingerprint density at radius 3 is 2.69 bits per heavy atom. The van der Waals surface area contributed by atoms with E-state index in [0.717, 1.165) is 18.0 Å². The number of carbonyl (C=O) groups excluding carboxylic acids is 1. The minimum atomic E-state index is -0.249. The number of esters is 1. The zero-order valence-electron chi connectivity index (χ0n) is 15.5. The molecule has 3 nitrogen and oxygen atoms in total. The van der Waals surface area contributed by atoms with Gasteiger partial charge in [-0.3, -0.25) is 0 Å². The van der Waals surface area contributed by atoms with E-state index in [2.05, 4.69) is 29.2 Å². The molecule has 26 heavy (non-hydrogen) atoms. The van der Waals surface area contributed by atoms with Crippen LogP contribution in [0, 0.1) is 0 Å². The first-order valence-electron chi connectivity index (χ1n) is 9.88. The molecule has 0 saturated carbocycles. The summed E-state index contributed by atoms with van der Waals surface area (Å²) in [7, 11) is 0. The third-order valence-electron chi connectivity index (χ3n) is 5.77. The van der Waals surface area contributed by atoms with E-state index in [1.807, 2.05) is 25.1 Å². The highest BCUT2D eigenvalue weighted by Gasteiger charge is 2.26. The Labute approximate surface area is 156 Å². The second-order valence-electron chi connectivity index (χ2n) is 7.42. The van der Waals surface area contributed by atoms with Crippen molar-refractivity contribution in [1.29, 1.82) is 0 Å². The molecule has 2 aromatic carbocycles. The summed E-state index contributed by atoms with van der Waals surface area (Å²) in [6.07, 6.45) is 6.32. The first kappa shape index (κ1) is 17.3. The average Bonchev–Trinajstić information content (AvgIpc) is 3.22. The third-order valence-corrected chi connectivity index (χ3v) is 5.77. The summed E-state index contributed by atoms with van der Waals surface area (Å²) in [5.41, 5.74) is 5.86. The molecule has 0 spiro atoms. The van der Waals surface area contributed by atoms with E-state index in [-0.39, 0.29) is 5.97 Å². The fraction of sp³-hybridized carbons (Fsp3) is 0.435. The molecule has 1 aliphatic heterocycles. The summed E-state index contributed by atoms with van der Waals surface area (Å²) < 4.78 is 5.13. The molecule has 3 heteroatoms. The molecule has 0 bridgehead atoms. The molecule has 1 fully saturated rings. The van der Waals surface area contributed by atoms with Crippen molar-refractivity contribution in [3.8, 4) is 11.1 Å². The highest BCUT2D eigenvalue weighted by atomic mass is 16.5. The molecule has 136 valence electrons. The van der Waals surface area contributed by atoms with Crippen molar-refractivity contribution in [2.45, 2.75) is 45.1 Å². The lowest BCUT2D eigenvalue weighted by Gasteiger charge is -2.32. The largest absolute Gasteiger partial charge is 0.462 e. The van der Waals surface area contributed by atoms with Crippen molar-refractivity contribution >= 4 is 5.97 Å². The smallest absolute Gasteiger partial charge is 0.338 e. The van der Waals surface area contributed by atoms with Crippen LogP contribution in [-0.4, -0.2) is 36.6 Å². The molecule has 1 aliphatic carbocycles. The van der Waals surface area contributed by atoms with Gasteiger partial charge < -0.3 is 9.64 Å². The number of rotatable bonds is 4. The molecule has 0 radical (unpaired) electrons. The van der Waals surface area contributed by atoms with E-state index in [0.29, 0.717) is 12.2 Å². The van der Waals surface area contributed by atoms with E-state index in [1.54, 1.807) is 0 Å². The zero-order chi connectivity index (χ0) is 17.9. The van der Waals surface area contributed by atoms with Gasteiger partial charge in [0.05, 0.1) is 12.2 Å². The van der Waals surface area contributed by atoms with Crippen LogP contribution in [0.2, 0.25) is 0 Å². The van der Waals surface area contributed by atoms with Crippen molar-refractivity contribution in [3.05, 3.63) is 59.2 Å². The number of hydrogen-bond acceptors (Lipinski definition) is 3. The van der Waals surface area contributed by atoms with Crippen LogP contribution >= 0.6 is 0 Å². The molecule has 1 atom stereocenters.